The number of rotatable bonds is 13. The Morgan fingerprint density at radius 2 is 1.76 bits per heavy atom. The Morgan fingerprint density at radius 1 is 1.06 bits per heavy atom. The number of aliphatic carboxylic acids is 1. The van der Waals surface area contributed by atoms with Crippen LogP contribution >= 0.6 is 12.6 Å². The van der Waals surface area contributed by atoms with Crippen LogP contribution in [0.4, 0.5) is 0 Å². The molecule has 12 nitrogen and oxygen atoms in total. The molecule has 0 bridgehead atoms. The first-order valence-electron chi connectivity index (χ1n) is 10.4. The van der Waals surface area contributed by atoms with Crippen molar-refractivity contribution in [3.63, 3.8) is 0 Å². The van der Waals surface area contributed by atoms with E-state index in [1.165, 1.54) is 0 Å². The lowest BCUT2D eigenvalue weighted by atomic mass is 10.0. The van der Waals surface area contributed by atoms with Crippen molar-refractivity contribution in [2.75, 3.05) is 12.3 Å². The lowest BCUT2D eigenvalue weighted by molar-refractivity contribution is -0.141. The van der Waals surface area contributed by atoms with Crippen molar-refractivity contribution in [3.8, 4) is 0 Å². The number of H-pyrrole nitrogens is 1. The number of aromatic amines is 1. The minimum Gasteiger partial charge on any atom is -0.480 e. The highest BCUT2D eigenvalue weighted by atomic mass is 32.1. The molecule has 2 rings (SSSR count). The number of nitrogens with one attached hydrogen (secondary N) is 4. The standard InChI is InChI=1S/C21H28N6O6S/c22-13(7-11-8-24-14-4-2-1-3-12(11)14)19(30)27-15(5-6-17(23)28)20(31)25-9-18(29)26-16(10-34)21(32)33/h1-4,8,13,15-16,24,34H,5-7,9-10,22H2,(H2,23,28)(H,25,31)(H,26,29)(H,27,30)(H,32,33). The predicted molar refractivity (Wildman–Crippen MR) is 127 cm³/mol. The normalized spacial score (nSPS) is 13.5. The van der Waals surface area contributed by atoms with Gasteiger partial charge in [-0.2, -0.15) is 12.6 Å². The molecule has 3 atom stereocenters. The largest absolute Gasteiger partial charge is 0.480 e. The minimum absolute atomic E-state index is 0.108. The summed E-state index contributed by atoms with van der Waals surface area (Å²) in [6, 6.07) is 4.13. The van der Waals surface area contributed by atoms with Crippen molar-refractivity contribution in [3.05, 3.63) is 36.0 Å². The Labute approximate surface area is 200 Å². The zero-order valence-electron chi connectivity index (χ0n) is 18.2. The first kappa shape index (κ1) is 26.7. The van der Waals surface area contributed by atoms with Gasteiger partial charge in [-0.25, -0.2) is 4.79 Å². The molecular formula is C21H28N6O6S. The smallest absolute Gasteiger partial charge is 0.327 e. The molecule has 0 aliphatic rings. The average molecular weight is 493 g/mol. The second-order valence-electron chi connectivity index (χ2n) is 7.59. The van der Waals surface area contributed by atoms with Gasteiger partial charge < -0.3 is 37.5 Å². The lowest BCUT2D eigenvalue weighted by Crippen LogP contribution is -2.54. The molecule has 0 aliphatic heterocycles. The summed E-state index contributed by atoms with van der Waals surface area (Å²) in [5.41, 5.74) is 12.9. The van der Waals surface area contributed by atoms with Crippen LogP contribution in [0.15, 0.2) is 30.5 Å². The second-order valence-corrected chi connectivity index (χ2v) is 7.96. The van der Waals surface area contributed by atoms with Crippen LogP contribution in [-0.4, -0.2) is 70.1 Å². The van der Waals surface area contributed by atoms with Crippen molar-refractivity contribution in [2.45, 2.75) is 37.4 Å². The van der Waals surface area contributed by atoms with E-state index in [1.54, 1.807) is 6.20 Å². The molecule has 2 aromatic rings. The molecule has 1 aromatic carbocycles. The molecule has 0 radical (unpaired) electrons. The molecule has 184 valence electrons. The van der Waals surface area contributed by atoms with E-state index in [4.69, 9.17) is 16.6 Å². The molecule has 34 heavy (non-hydrogen) atoms. The van der Waals surface area contributed by atoms with E-state index in [-0.39, 0.29) is 25.0 Å². The zero-order valence-corrected chi connectivity index (χ0v) is 19.1. The van der Waals surface area contributed by atoms with Crippen LogP contribution in [0.3, 0.4) is 0 Å². The Bertz CT molecular complexity index is 1060. The van der Waals surface area contributed by atoms with Gasteiger partial charge in [0.05, 0.1) is 12.6 Å². The predicted octanol–water partition coefficient (Wildman–Crippen LogP) is -1.60. The summed E-state index contributed by atoms with van der Waals surface area (Å²) in [7, 11) is 0. The van der Waals surface area contributed by atoms with Crippen LogP contribution < -0.4 is 27.4 Å². The maximum Gasteiger partial charge on any atom is 0.327 e. The molecule has 4 amide bonds. The number of para-hydroxylation sites is 1. The topological polar surface area (TPSA) is 209 Å². The van der Waals surface area contributed by atoms with Gasteiger partial charge in [-0.1, -0.05) is 18.2 Å². The summed E-state index contributed by atoms with van der Waals surface area (Å²) < 4.78 is 0. The highest BCUT2D eigenvalue weighted by molar-refractivity contribution is 7.80. The Hall–Kier alpha value is -3.58. The molecule has 9 N–H and O–H groups in total. The fraction of sp³-hybridized carbons (Fsp3) is 0.381. The summed E-state index contributed by atoms with van der Waals surface area (Å²) >= 11 is 3.84. The van der Waals surface area contributed by atoms with Gasteiger partial charge in [0.25, 0.3) is 0 Å². The van der Waals surface area contributed by atoms with Crippen molar-refractivity contribution in [1.82, 2.24) is 20.9 Å². The number of hydrogen-bond donors (Lipinski definition) is 8. The minimum atomic E-state index is -1.27. The first-order valence-corrected chi connectivity index (χ1v) is 11.1. The molecule has 0 aliphatic carbocycles. The second kappa shape index (κ2) is 12.6. The third-order valence-corrected chi connectivity index (χ3v) is 5.37. The Balaban J connectivity index is 1.98. The van der Waals surface area contributed by atoms with Crippen molar-refractivity contribution >= 4 is 53.1 Å². The molecule has 0 saturated heterocycles. The van der Waals surface area contributed by atoms with Gasteiger partial charge in [-0.3, -0.25) is 19.2 Å². The summed E-state index contributed by atoms with van der Waals surface area (Å²) in [5, 5.41) is 16.9. The first-order chi connectivity index (χ1) is 16.1. The van der Waals surface area contributed by atoms with Crippen LogP contribution in [0.1, 0.15) is 18.4 Å². The number of aromatic nitrogens is 1. The molecule has 0 spiro atoms. The van der Waals surface area contributed by atoms with Gasteiger partial charge >= 0.3 is 5.97 Å². The quantitative estimate of drug-likeness (QED) is 0.153. The number of primary amides is 1. The number of carboxylic acids is 1. The number of nitrogens with two attached hydrogens (primary N) is 2. The van der Waals surface area contributed by atoms with E-state index in [2.05, 4.69) is 33.6 Å². The monoisotopic (exact) mass is 492 g/mol. The Morgan fingerprint density at radius 3 is 2.41 bits per heavy atom. The average Bonchev–Trinajstić information content (AvgIpc) is 3.20. The van der Waals surface area contributed by atoms with Crippen LogP contribution in [0.5, 0.6) is 0 Å². The van der Waals surface area contributed by atoms with Crippen LogP contribution in [0.2, 0.25) is 0 Å². The van der Waals surface area contributed by atoms with Gasteiger partial charge in [0.2, 0.25) is 23.6 Å². The van der Waals surface area contributed by atoms with Gasteiger partial charge in [-0.05, 0) is 24.5 Å². The van der Waals surface area contributed by atoms with Crippen molar-refractivity contribution in [1.29, 1.82) is 0 Å². The molecular weight excluding hydrogens is 464 g/mol. The summed E-state index contributed by atoms with van der Waals surface area (Å²) in [6.07, 6.45) is 1.65. The van der Waals surface area contributed by atoms with Gasteiger partial charge in [0.1, 0.15) is 12.1 Å². The van der Waals surface area contributed by atoms with E-state index >= 15 is 0 Å². The fourth-order valence-electron chi connectivity index (χ4n) is 3.19. The number of amides is 4. The summed E-state index contributed by atoms with van der Waals surface area (Å²) in [5.74, 6) is -4.22. The number of fused-ring (bicyclic) bond motifs is 1. The molecule has 3 unspecified atom stereocenters. The lowest BCUT2D eigenvalue weighted by Gasteiger charge is -2.20. The maximum atomic E-state index is 12.7. The van der Waals surface area contributed by atoms with E-state index < -0.39 is 54.3 Å². The van der Waals surface area contributed by atoms with Crippen molar-refractivity contribution < 1.29 is 29.1 Å². The summed E-state index contributed by atoms with van der Waals surface area (Å²) in [4.78, 5) is 62.4. The molecule has 13 heteroatoms. The molecule has 0 saturated carbocycles. The number of hydrogen-bond acceptors (Lipinski definition) is 7. The van der Waals surface area contributed by atoms with E-state index in [1.807, 2.05) is 24.3 Å². The van der Waals surface area contributed by atoms with Gasteiger partial charge in [0.15, 0.2) is 0 Å². The number of thiol groups is 1. The van der Waals surface area contributed by atoms with Crippen LogP contribution in [-0.2, 0) is 30.4 Å². The van der Waals surface area contributed by atoms with Crippen LogP contribution in [0.25, 0.3) is 10.9 Å². The summed E-state index contributed by atoms with van der Waals surface area (Å²) in [6.45, 7) is -0.541. The highest BCUT2D eigenvalue weighted by Gasteiger charge is 2.26. The molecule has 1 heterocycles. The molecule has 1 aromatic heterocycles. The number of carbonyl (C=O) groups is 5. The Kier molecular flexibility index (Phi) is 9.89. The van der Waals surface area contributed by atoms with Gasteiger partial charge in [-0.15, -0.1) is 0 Å². The third-order valence-electron chi connectivity index (χ3n) is 5.00. The van der Waals surface area contributed by atoms with E-state index in [0.717, 1.165) is 16.5 Å². The van der Waals surface area contributed by atoms with E-state index in [9.17, 15) is 24.0 Å². The maximum absolute atomic E-state index is 12.7. The number of benzene rings is 1. The third kappa shape index (κ3) is 7.78. The highest BCUT2D eigenvalue weighted by Crippen LogP contribution is 2.18. The van der Waals surface area contributed by atoms with E-state index in [0.29, 0.717) is 0 Å². The fourth-order valence-corrected chi connectivity index (χ4v) is 3.43. The zero-order chi connectivity index (χ0) is 25.3. The SMILES string of the molecule is NC(=O)CCC(NC(=O)C(N)Cc1c[nH]c2ccccc12)C(=O)NCC(=O)NC(CS)C(=O)O. The number of carbonyl (C=O) groups excluding carboxylic acids is 4. The number of carboxylic acid groups (broad SMARTS) is 1. The van der Waals surface area contributed by atoms with Gasteiger partial charge in [0, 0.05) is 29.3 Å². The molecule has 0 fully saturated rings. The van der Waals surface area contributed by atoms with Crippen molar-refractivity contribution in [2.24, 2.45) is 11.5 Å². The van der Waals surface area contributed by atoms with Crippen LogP contribution in [0, 0.1) is 0 Å².